The fourth-order valence-electron chi connectivity index (χ4n) is 10.2. The Balaban J connectivity index is 1.03. The summed E-state index contributed by atoms with van der Waals surface area (Å²) in [7, 11) is 0. The van der Waals surface area contributed by atoms with E-state index < -0.39 is 0 Å². The Kier molecular flexibility index (Phi) is 8.35. The van der Waals surface area contributed by atoms with E-state index in [0.717, 1.165) is 72.9 Å². The van der Waals surface area contributed by atoms with Crippen LogP contribution in [-0.2, 0) is 0 Å². The van der Waals surface area contributed by atoms with Gasteiger partial charge in [-0.1, -0.05) is 139 Å². The number of aromatic nitrogens is 1. The lowest BCUT2D eigenvalue weighted by Gasteiger charge is -2.34. The molecule has 0 saturated heterocycles. The van der Waals surface area contributed by atoms with E-state index in [1.165, 1.54) is 51.8 Å². The highest BCUT2D eigenvalue weighted by molar-refractivity contribution is 7.99. The first-order valence-corrected chi connectivity index (χ1v) is 23.9. The number of thiophene rings is 1. The van der Waals surface area contributed by atoms with Crippen molar-refractivity contribution in [1.82, 2.24) is 4.57 Å². The van der Waals surface area contributed by atoms with E-state index in [9.17, 15) is 0 Å². The minimum Gasteiger partial charge on any atom is -0.455 e. The van der Waals surface area contributed by atoms with Gasteiger partial charge in [0, 0.05) is 68.4 Å². The second-order valence-corrected chi connectivity index (χ2v) is 19.1. The van der Waals surface area contributed by atoms with Crippen molar-refractivity contribution >= 4 is 121 Å². The molecule has 0 saturated carbocycles. The summed E-state index contributed by atoms with van der Waals surface area (Å²) < 4.78 is 11.5. The van der Waals surface area contributed by atoms with Crippen molar-refractivity contribution in [1.29, 1.82) is 0 Å². The molecule has 1 aliphatic heterocycles. The highest BCUT2D eigenvalue weighted by atomic mass is 32.2. The van der Waals surface area contributed by atoms with Gasteiger partial charge in [0.25, 0.3) is 0 Å². The molecule has 6 heteroatoms. The highest BCUT2D eigenvalue weighted by Gasteiger charge is 2.27. The molecular formula is C60H37N3OS2. The summed E-state index contributed by atoms with van der Waals surface area (Å²) in [4.78, 5) is 7.34. The molecule has 0 fully saturated rings. The highest BCUT2D eigenvalue weighted by Crippen LogP contribution is 2.53. The summed E-state index contributed by atoms with van der Waals surface area (Å²) in [6, 6.07) is 81.8. The average Bonchev–Trinajstić information content (AvgIpc) is 4.05. The molecule has 10 aromatic carbocycles. The lowest BCUT2D eigenvalue weighted by Crippen LogP contribution is -2.17. The van der Waals surface area contributed by atoms with Gasteiger partial charge in [-0.15, -0.1) is 11.3 Å². The lowest BCUT2D eigenvalue weighted by atomic mass is 10.0. The first kappa shape index (κ1) is 37.4. The van der Waals surface area contributed by atoms with Gasteiger partial charge in [0.1, 0.15) is 11.2 Å². The Bertz CT molecular complexity index is 3970. The molecule has 0 radical (unpaired) electrons. The van der Waals surface area contributed by atoms with Gasteiger partial charge in [0.05, 0.1) is 39.5 Å². The van der Waals surface area contributed by atoms with Gasteiger partial charge >= 0.3 is 0 Å². The zero-order chi connectivity index (χ0) is 43.3. The number of hydrogen-bond acceptors (Lipinski definition) is 5. The summed E-state index contributed by atoms with van der Waals surface area (Å²) in [5.41, 5.74) is 14.0. The quantitative estimate of drug-likeness (QED) is 0.166. The van der Waals surface area contributed by atoms with Crippen molar-refractivity contribution in [2.45, 2.75) is 9.79 Å². The number of rotatable bonds is 6. The van der Waals surface area contributed by atoms with Gasteiger partial charge in [0.15, 0.2) is 0 Å². The van der Waals surface area contributed by atoms with Gasteiger partial charge in [-0.05, 0) is 103 Å². The van der Waals surface area contributed by atoms with Gasteiger partial charge < -0.3 is 18.8 Å². The number of anilines is 6. The van der Waals surface area contributed by atoms with E-state index in [1.54, 1.807) is 0 Å². The number of benzene rings is 10. The maximum Gasteiger partial charge on any atom is 0.143 e. The molecule has 1 aliphatic rings. The number of fused-ring (bicyclic) bond motifs is 11. The molecule has 0 spiro atoms. The van der Waals surface area contributed by atoms with Crippen LogP contribution in [0.3, 0.4) is 0 Å². The molecular weight excluding hydrogens is 843 g/mol. The monoisotopic (exact) mass is 879 g/mol. The van der Waals surface area contributed by atoms with Crippen LogP contribution >= 0.6 is 23.1 Å². The molecule has 0 bridgehead atoms. The maximum absolute atomic E-state index is 6.54. The molecule has 0 atom stereocenters. The minimum atomic E-state index is 0.899. The molecule has 4 nitrogen and oxygen atoms in total. The Morgan fingerprint density at radius 3 is 1.74 bits per heavy atom. The summed E-state index contributed by atoms with van der Waals surface area (Å²) >= 11 is 3.68. The predicted molar refractivity (Wildman–Crippen MR) is 280 cm³/mol. The SMILES string of the molecule is c1ccc2c(c1)Sc1ccccc1N2c1cc(N(c2ccc(-c3cccc4c3oc3ccccc34)cc2)c2ccc3sc4ccccc4c3c2)cc(-n2c3ccccc3c3ccccc32)c1. The van der Waals surface area contributed by atoms with Gasteiger partial charge in [-0.2, -0.15) is 0 Å². The van der Waals surface area contributed by atoms with E-state index in [2.05, 4.69) is 233 Å². The number of para-hydroxylation sites is 6. The molecule has 0 aliphatic carbocycles. The summed E-state index contributed by atoms with van der Waals surface area (Å²) in [6.07, 6.45) is 0. The molecule has 0 amide bonds. The Morgan fingerprint density at radius 1 is 0.394 bits per heavy atom. The number of furan rings is 1. The second kappa shape index (κ2) is 14.8. The molecule has 14 rings (SSSR count). The van der Waals surface area contributed by atoms with Crippen LogP contribution < -0.4 is 9.80 Å². The van der Waals surface area contributed by atoms with Crippen LogP contribution in [0.2, 0.25) is 0 Å². The molecule has 310 valence electrons. The zero-order valence-electron chi connectivity index (χ0n) is 35.4. The fourth-order valence-corrected chi connectivity index (χ4v) is 12.4. The first-order valence-electron chi connectivity index (χ1n) is 22.2. The lowest BCUT2D eigenvalue weighted by molar-refractivity contribution is 0.670. The maximum atomic E-state index is 6.54. The Morgan fingerprint density at radius 2 is 0.985 bits per heavy atom. The van der Waals surface area contributed by atoms with E-state index in [4.69, 9.17) is 4.42 Å². The minimum absolute atomic E-state index is 0.899. The van der Waals surface area contributed by atoms with Crippen LogP contribution in [-0.4, -0.2) is 4.57 Å². The second-order valence-electron chi connectivity index (χ2n) is 16.9. The van der Waals surface area contributed by atoms with Crippen LogP contribution in [0.5, 0.6) is 0 Å². The third kappa shape index (κ3) is 5.79. The van der Waals surface area contributed by atoms with E-state index in [1.807, 2.05) is 29.2 Å². The predicted octanol–water partition coefficient (Wildman–Crippen LogP) is 18.1. The van der Waals surface area contributed by atoms with Crippen molar-refractivity contribution < 1.29 is 4.42 Å². The van der Waals surface area contributed by atoms with E-state index in [-0.39, 0.29) is 0 Å². The van der Waals surface area contributed by atoms with Crippen molar-refractivity contribution in [3.63, 3.8) is 0 Å². The molecule has 66 heavy (non-hydrogen) atoms. The molecule has 0 unspecified atom stereocenters. The van der Waals surface area contributed by atoms with Crippen LogP contribution in [0, 0.1) is 0 Å². The summed E-state index contributed by atoms with van der Waals surface area (Å²) in [5.74, 6) is 0. The van der Waals surface area contributed by atoms with Crippen molar-refractivity contribution in [3.05, 3.63) is 224 Å². The normalized spacial score (nSPS) is 12.5. The van der Waals surface area contributed by atoms with Crippen LogP contribution in [0.4, 0.5) is 34.1 Å². The van der Waals surface area contributed by atoms with E-state index >= 15 is 0 Å². The van der Waals surface area contributed by atoms with Crippen molar-refractivity contribution in [3.8, 4) is 16.8 Å². The molecule has 0 N–H and O–H groups in total. The van der Waals surface area contributed by atoms with Gasteiger partial charge in [0.2, 0.25) is 0 Å². The van der Waals surface area contributed by atoms with Crippen LogP contribution in [0.25, 0.3) is 80.7 Å². The molecule has 4 heterocycles. The fraction of sp³-hybridized carbons (Fsp3) is 0. The largest absolute Gasteiger partial charge is 0.455 e. The first-order chi connectivity index (χ1) is 32.7. The van der Waals surface area contributed by atoms with E-state index in [0.29, 0.717) is 0 Å². The van der Waals surface area contributed by atoms with Crippen LogP contribution in [0.1, 0.15) is 0 Å². The topological polar surface area (TPSA) is 24.6 Å². The molecule has 13 aromatic rings. The third-order valence-corrected chi connectivity index (χ3v) is 15.4. The van der Waals surface area contributed by atoms with Crippen molar-refractivity contribution in [2.24, 2.45) is 0 Å². The number of nitrogens with zero attached hydrogens (tertiary/aromatic N) is 3. The van der Waals surface area contributed by atoms with Gasteiger partial charge in [-0.25, -0.2) is 0 Å². The zero-order valence-corrected chi connectivity index (χ0v) is 37.1. The van der Waals surface area contributed by atoms with Crippen LogP contribution in [0.15, 0.2) is 239 Å². The standard InChI is InChI=1S/C60H37N3OS2/c1-5-20-51-45(14-1)46-15-2-6-21-52(46)62(51)42-34-41(35-43(36-42)63-53-22-7-11-26-58(53)66-59-27-12-8-23-54(59)63)61(40-32-33-57-50(37-40)48-17-4-10-25-56(48)65-57)39-30-28-38(29-31-39)44-18-13-19-49-47-16-3-9-24-55(47)64-60(44)49/h1-37H. The number of hydrogen-bond donors (Lipinski definition) is 0. The summed E-state index contributed by atoms with van der Waals surface area (Å²) in [5, 5.41) is 7.23. The smallest absolute Gasteiger partial charge is 0.143 e. The Labute approximate surface area is 388 Å². The summed E-state index contributed by atoms with van der Waals surface area (Å²) in [6.45, 7) is 0. The van der Waals surface area contributed by atoms with Gasteiger partial charge in [-0.3, -0.25) is 0 Å². The van der Waals surface area contributed by atoms with Crippen molar-refractivity contribution in [2.75, 3.05) is 9.80 Å². The average molecular weight is 880 g/mol. The Hall–Kier alpha value is -8.03. The third-order valence-electron chi connectivity index (χ3n) is 13.1. The molecule has 3 aromatic heterocycles.